The molecule has 0 radical (unpaired) electrons. The molecule has 0 aliphatic rings. The summed E-state index contributed by atoms with van der Waals surface area (Å²) >= 11 is 0. The van der Waals surface area contributed by atoms with E-state index in [1.165, 1.54) is 18.2 Å². The monoisotopic (exact) mass is 409 g/mol. The normalized spacial score (nSPS) is 11.9. The molecule has 0 fully saturated rings. The predicted octanol–water partition coefficient (Wildman–Crippen LogP) is 5.29. The molecule has 0 spiro atoms. The topological polar surface area (TPSA) is 74.8 Å². The van der Waals surface area contributed by atoms with Crippen molar-refractivity contribution in [3.8, 4) is 11.3 Å². The molecule has 3 aromatic carbocycles. The van der Waals surface area contributed by atoms with E-state index in [1.807, 2.05) is 12.1 Å². The minimum Gasteiger partial charge on any atom is -0.280 e. The number of hydrogen-bond acceptors (Lipinski definition) is 3. The maximum Gasteiger partial charge on any atom is 0.261 e. The third kappa shape index (κ3) is 3.86. The fraction of sp³-hybridized carbons (Fsp3) is 0.136. The van der Waals surface area contributed by atoms with E-state index in [1.54, 1.807) is 36.4 Å². The molecular weight excluding hydrogens is 389 g/mol. The predicted molar refractivity (Wildman–Crippen MR) is 113 cm³/mol. The van der Waals surface area contributed by atoms with Crippen LogP contribution in [0.3, 0.4) is 0 Å². The lowest BCUT2D eigenvalue weighted by Crippen LogP contribution is -2.13. The summed E-state index contributed by atoms with van der Waals surface area (Å²) in [6.45, 7) is 4.16. The Morgan fingerprint density at radius 1 is 1.00 bits per heavy atom. The number of nitrogens with one attached hydrogen (secondary N) is 2. The minimum atomic E-state index is -3.77. The molecule has 0 bridgehead atoms. The van der Waals surface area contributed by atoms with Crippen LogP contribution in [0.15, 0.2) is 71.6 Å². The zero-order chi connectivity index (χ0) is 20.6. The average molecular weight is 409 g/mol. The van der Waals surface area contributed by atoms with Gasteiger partial charge in [0, 0.05) is 16.6 Å². The first-order chi connectivity index (χ1) is 13.8. The first kappa shape index (κ1) is 19.1. The lowest BCUT2D eigenvalue weighted by molar-refractivity contribution is 0.601. The van der Waals surface area contributed by atoms with Crippen LogP contribution in [-0.4, -0.2) is 18.6 Å². The van der Waals surface area contributed by atoms with Crippen LogP contribution in [0.5, 0.6) is 0 Å². The molecule has 5 nitrogen and oxygen atoms in total. The Balaban J connectivity index is 1.66. The Hall–Kier alpha value is -3.19. The zero-order valence-corrected chi connectivity index (χ0v) is 16.8. The molecule has 4 aromatic rings. The van der Waals surface area contributed by atoms with Crippen molar-refractivity contribution in [2.75, 3.05) is 4.72 Å². The van der Waals surface area contributed by atoms with Gasteiger partial charge in [-0.25, -0.2) is 12.8 Å². The van der Waals surface area contributed by atoms with E-state index in [4.69, 9.17) is 0 Å². The first-order valence-corrected chi connectivity index (χ1v) is 10.7. The minimum absolute atomic E-state index is 0.126. The van der Waals surface area contributed by atoms with Gasteiger partial charge in [0.1, 0.15) is 5.82 Å². The molecule has 7 heteroatoms. The summed E-state index contributed by atoms with van der Waals surface area (Å²) in [5.41, 5.74) is 3.38. The standard InChI is InChI=1S/C22H20FN3O2S/c1-14(2)15-6-9-18(10-7-15)26-29(27,28)19-5-3-4-16(12-19)22-20-11-8-17(23)13-21(20)24-25-22/h3-14,26H,1-2H3,(H,24,25). The smallest absolute Gasteiger partial charge is 0.261 e. The van der Waals surface area contributed by atoms with Crippen molar-refractivity contribution >= 4 is 26.6 Å². The molecule has 1 aromatic heterocycles. The van der Waals surface area contributed by atoms with Gasteiger partial charge < -0.3 is 0 Å². The number of rotatable bonds is 5. The SMILES string of the molecule is CC(C)c1ccc(NS(=O)(=O)c2cccc(-c3n[nH]c4cc(F)ccc34)c2)cc1. The Morgan fingerprint density at radius 2 is 1.76 bits per heavy atom. The molecule has 0 atom stereocenters. The zero-order valence-electron chi connectivity index (χ0n) is 16.0. The van der Waals surface area contributed by atoms with Crippen LogP contribution in [0, 0.1) is 5.82 Å². The second kappa shape index (κ2) is 7.33. The van der Waals surface area contributed by atoms with E-state index in [0.717, 1.165) is 10.9 Å². The molecule has 0 saturated heterocycles. The van der Waals surface area contributed by atoms with Gasteiger partial charge in [-0.3, -0.25) is 9.82 Å². The lowest BCUT2D eigenvalue weighted by Gasteiger charge is -2.11. The second-order valence-corrected chi connectivity index (χ2v) is 8.85. The highest BCUT2D eigenvalue weighted by Gasteiger charge is 2.17. The highest BCUT2D eigenvalue weighted by Crippen LogP contribution is 2.29. The van der Waals surface area contributed by atoms with E-state index in [0.29, 0.717) is 28.4 Å². The number of halogens is 1. The van der Waals surface area contributed by atoms with Gasteiger partial charge in [-0.1, -0.05) is 38.1 Å². The summed E-state index contributed by atoms with van der Waals surface area (Å²) in [6.07, 6.45) is 0. The number of hydrogen-bond donors (Lipinski definition) is 2. The van der Waals surface area contributed by atoms with Gasteiger partial charge in [0.05, 0.1) is 16.1 Å². The summed E-state index contributed by atoms with van der Waals surface area (Å²) in [6, 6.07) is 18.2. The van der Waals surface area contributed by atoms with Gasteiger partial charge in [-0.05, 0) is 53.9 Å². The molecule has 148 valence electrons. The number of aromatic amines is 1. The van der Waals surface area contributed by atoms with Crippen LogP contribution in [0.25, 0.3) is 22.2 Å². The average Bonchev–Trinajstić information content (AvgIpc) is 3.11. The number of fused-ring (bicyclic) bond motifs is 1. The van der Waals surface area contributed by atoms with Gasteiger partial charge in [-0.2, -0.15) is 5.10 Å². The second-order valence-electron chi connectivity index (χ2n) is 7.17. The molecule has 0 amide bonds. The summed E-state index contributed by atoms with van der Waals surface area (Å²) in [5.74, 6) is 0.00574. The maximum absolute atomic E-state index is 13.4. The van der Waals surface area contributed by atoms with Crippen molar-refractivity contribution in [3.63, 3.8) is 0 Å². The number of H-pyrrole nitrogens is 1. The third-order valence-corrected chi connectivity index (χ3v) is 6.15. The molecular formula is C22H20FN3O2S. The van der Waals surface area contributed by atoms with E-state index < -0.39 is 10.0 Å². The Kier molecular flexibility index (Phi) is 4.84. The Morgan fingerprint density at radius 3 is 2.48 bits per heavy atom. The molecule has 29 heavy (non-hydrogen) atoms. The Bertz CT molecular complexity index is 1280. The van der Waals surface area contributed by atoms with Gasteiger partial charge in [0.2, 0.25) is 0 Å². The summed E-state index contributed by atoms with van der Waals surface area (Å²) in [7, 11) is -3.77. The molecule has 4 rings (SSSR count). The van der Waals surface area contributed by atoms with Gasteiger partial charge >= 0.3 is 0 Å². The van der Waals surface area contributed by atoms with Crippen molar-refractivity contribution < 1.29 is 12.8 Å². The molecule has 2 N–H and O–H groups in total. The quantitative estimate of drug-likeness (QED) is 0.470. The van der Waals surface area contributed by atoms with E-state index in [9.17, 15) is 12.8 Å². The van der Waals surface area contributed by atoms with Gasteiger partial charge in [0.25, 0.3) is 10.0 Å². The fourth-order valence-electron chi connectivity index (χ4n) is 3.17. The van der Waals surface area contributed by atoms with Gasteiger partial charge in [0.15, 0.2) is 0 Å². The number of aromatic nitrogens is 2. The third-order valence-electron chi connectivity index (χ3n) is 4.77. The molecule has 0 unspecified atom stereocenters. The van der Waals surface area contributed by atoms with Crippen molar-refractivity contribution in [2.24, 2.45) is 0 Å². The highest BCUT2D eigenvalue weighted by atomic mass is 32.2. The Labute approximate surface area is 168 Å². The molecule has 1 heterocycles. The van der Waals surface area contributed by atoms with Crippen LogP contribution >= 0.6 is 0 Å². The van der Waals surface area contributed by atoms with Crippen LogP contribution < -0.4 is 4.72 Å². The molecule has 0 aliphatic heterocycles. The summed E-state index contributed by atoms with van der Waals surface area (Å²) in [4.78, 5) is 0.126. The molecule has 0 aliphatic carbocycles. The van der Waals surface area contributed by atoms with Crippen LogP contribution in [0.4, 0.5) is 10.1 Å². The van der Waals surface area contributed by atoms with E-state index >= 15 is 0 Å². The van der Waals surface area contributed by atoms with Crippen molar-refractivity contribution in [2.45, 2.75) is 24.7 Å². The number of nitrogens with zero attached hydrogens (tertiary/aromatic N) is 1. The number of benzene rings is 3. The van der Waals surface area contributed by atoms with Crippen molar-refractivity contribution in [3.05, 3.63) is 78.1 Å². The number of anilines is 1. The maximum atomic E-state index is 13.4. The van der Waals surface area contributed by atoms with E-state index in [2.05, 4.69) is 28.8 Å². The summed E-state index contributed by atoms with van der Waals surface area (Å²) in [5, 5.41) is 7.74. The largest absolute Gasteiger partial charge is 0.280 e. The van der Waals surface area contributed by atoms with Gasteiger partial charge in [-0.15, -0.1) is 0 Å². The van der Waals surface area contributed by atoms with Crippen molar-refractivity contribution in [1.29, 1.82) is 0 Å². The van der Waals surface area contributed by atoms with Crippen LogP contribution in [0.2, 0.25) is 0 Å². The number of sulfonamides is 1. The highest BCUT2D eigenvalue weighted by molar-refractivity contribution is 7.92. The van der Waals surface area contributed by atoms with Crippen molar-refractivity contribution in [1.82, 2.24) is 10.2 Å². The van der Waals surface area contributed by atoms with E-state index in [-0.39, 0.29) is 10.7 Å². The summed E-state index contributed by atoms with van der Waals surface area (Å²) < 4.78 is 41.7. The molecule has 0 saturated carbocycles. The first-order valence-electron chi connectivity index (χ1n) is 9.20. The van der Waals surface area contributed by atoms with Crippen LogP contribution in [0.1, 0.15) is 25.3 Å². The fourth-order valence-corrected chi connectivity index (χ4v) is 4.28. The lowest BCUT2D eigenvalue weighted by atomic mass is 10.0. The van der Waals surface area contributed by atoms with Crippen LogP contribution in [-0.2, 0) is 10.0 Å².